The summed E-state index contributed by atoms with van der Waals surface area (Å²) < 4.78 is 0. The van der Waals surface area contributed by atoms with Crippen molar-refractivity contribution in [3.8, 4) is 6.07 Å². The van der Waals surface area contributed by atoms with Crippen molar-refractivity contribution in [1.82, 2.24) is 15.0 Å². The number of hydrogen-bond acceptors (Lipinski definition) is 3. The Bertz CT molecular complexity index is 791. The van der Waals surface area contributed by atoms with E-state index in [0.29, 0.717) is 16.6 Å². The fourth-order valence-electron chi connectivity index (χ4n) is 1.76. The van der Waals surface area contributed by atoms with Crippen molar-refractivity contribution in [1.29, 1.82) is 5.26 Å². The van der Waals surface area contributed by atoms with Crippen LogP contribution in [0, 0.1) is 11.3 Å². The summed E-state index contributed by atoms with van der Waals surface area (Å²) in [5, 5.41) is 9.60. The number of fused-ring (bicyclic) bond motifs is 3. The van der Waals surface area contributed by atoms with Crippen LogP contribution >= 0.6 is 0 Å². The van der Waals surface area contributed by atoms with Crippen LogP contribution in [0.1, 0.15) is 5.56 Å². The number of imidazole rings is 1. The number of aromatic nitrogens is 3. The highest BCUT2D eigenvalue weighted by Gasteiger charge is 2.05. The number of pyridine rings is 1. The van der Waals surface area contributed by atoms with E-state index in [4.69, 9.17) is 5.26 Å². The molecule has 76 valence electrons. The van der Waals surface area contributed by atoms with Crippen LogP contribution in [0.25, 0.3) is 21.9 Å². The lowest BCUT2D eigenvalue weighted by Crippen LogP contribution is -1.99. The lowest BCUT2D eigenvalue weighted by Gasteiger charge is -1.98. The molecule has 0 bridgehead atoms. The van der Waals surface area contributed by atoms with E-state index in [1.807, 2.05) is 0 Å². The Labute approximate surface area is 89.4 Å². The molecule has 0 spiro atoms. The van der Waals surface area contributed by atoms with Gasteiger partial charge in [0, 0.05) is 5.39 Å². The standard InChI is InChI=1S/C11H6N4O/c12-4-6-1-2-8-7(3-6)10-9(5-13-8)14-11(16)15-10/h1-3,5H,(H2,14,15,16). The summed E-state index contributed by atoms with van der Waals surface area (Å²) in [6, 6.07) is 7.24. The largest absolute Gasteiger partial charge is 0.323 e. The third-order valence-corrected chi connectivity index (χ3v) is 2.48. The number of nitrogens with zero attached hydrogens (tertiary/aromatic N) is 2. The monoisotopic (exact) mass is 210 g/mol. The quantitative estimate of drug-likeness (QED) is 0.586. The Morgan fingerprint density at radius 1 is 1.31 bits per heavy atom. The zero-order valence-corrected chi connectivity index (χ0v) is 8.11. The summed E-state index contributed by atoms with van der Waals surface area (Å²) in [5.41, 5.74) is 2.36. The van der Waals surface area contributed by atoms with Crippen LogP contribution in [-0.2, 0) is 0 Å². The first-order chi connectivity index (χ1) is 7.78. The van der Waals surface area contributed by atoms with Gasteiger partial charge in [0.05, 0.1) is 34.4 Å². The van der Waals surface area contributed by atoms with Crippen molar-refractivity contribution in [3.63, 3.8) is 0 Å². The Hall–Kier alpha value is -2.61. The van der Waals surface area contributed by atoms with Crippen LogP contribution in [0.5, 0.6) is 0 Å². The molecule has 0 amide bonds. The maximum absolute atomic E-state index is 11.2. The van der Waals surface area contributed by atoms with Crippen molar-refractivity contribution in [2.75, 3.05) is 0 Å². The first-order valence-electron chi connectivity index (χ1n) is 4.69. The molecule has 0 fully saturated rings. The average molecular weight is 210 g/mol. The zero-order valence-electron chi connectivity index (χ0n) is 8.11. The number of nitriles is 1. The van der Waals surface area contributed by atoms with Gasteiger partial charge in [-0.3, -0.25) is 4.98 Å². The summed E-state index contributed by atoms with van der Waals surface area (Å²) >= 11 is 0. The average Bonchev–Trinajstić information content (AvgIpc) is 2.69. The highest BCUT2D eigenvalue weighted by atomic mass is 16.1. The van der Waals surface area contributed by atoms with Crippen molar-refractivity contribution >= 4 is 21.9 Å². The number of aromatic amines is 2. The fraction of sp³-hybridized carbons (Fsp3) is 0. The number of nitrogens with one attached hydrogen (secondary N) is 2. The SMILES string of the molecule is N#Cc1ccc2ncc3[nH]c(=O)[nH]c3c2c1. The second-order valence-corrected chi connectivity index (χ2v) is 3.47. The molecule has 0 unspecified atom stereocenters. The third kappa shape index (κ3) is 1.10. The van der Waals surface area contributed by atoms with Crippen LogP contribution in [0.4, 0.5) is 0 Å². The minimum absolute atomic E-state index is 0.272. The Balaban J connectivity index is 2.57. The van der Waals surface area contributed by atoms with Gasteiger partial charge in [-0.15, -0.1) is 0 Å². The highest BCUT2D eigenvalue weighted by molar-refractivity contribution is 6.01. The van der Waals surface area contributed by atoms with E-state index < -0.39 is 0 Å². The lowest BCUT2D eigenvalue weighted by molar-refractivity contribution is 1.21. The molecule has 5 nitrogen and oxygen atoms in total. The number of benzene rings is 1. The molecule has 1 aromatic carbocycles. The zero-order chi connectivity index (χ0) is 11.1. The second-order valence-electron chi connectivity index (χ2n) is 3.47. The van der Waals surface area contributed by atoms with Crippen LogP contribution in [0.2, 0.25) is 0 Å². The van der Waals surface area contributed by atoms with Crippen molar-refractivity contribution in [2.24, 2.45) is 0 Å². The van der Waals surface area contributed by atoms with Gasteiger partial charge in [-0.2, -0.15) is 5.26 Å². The minimum Gasteiger partial charge on any atom is -0.305 e. The Kier molecular flexibility index (Phi) is 1.59. The van der Waals surface area contributed by atoms with Gasteiger partial charge in [0.25, 0.3) is 0 Å². The van der Waals surface area contributed by atoms with Gasteiger partial charge in [-0.05, 0) is 18.2 Å². The molecule has 3 aromatic rings. The molecular weight excluding hydrogens is 204 g/mol. The van der Waals surface area contributed by atoms with Gasteiger partial charge in [-0.25, -0.2) is 4.79 Å². The van der Waals surface area contributed by atoms with Crippen LogP contribution in [-0.4, -0.2) is 15.0 Å². The maximum atomic E-state index is 11.2. The predicted molar refractivity (Wildman–Crippen MR) is 58.9 cm³/mol. The molecule has 2 heterocycles. The molecule has 3 rings (SSSR count). The van der Waals surface area contributed by atoms with E-state index in [2.05, 4.69) is 21.0 Å². The van der Waals surface area contributed by atoms with Gasteiger partial charge in [0.15, 0.2) is 0 Å². The second kappa shape index (κ2) is 2.94. The van der Waals surface area contributed by atoms with Gasteiger partial charge in [0.2, 0.25) is 0 Å². The molecule has 2 aromatic heterocycles. The number of H-pyrrole nitrogens is 2. The molecule has 5 heteroatoms. The third-order valence-electron chi connectivity index (χ3n) is 2.48. The van der Waals surface area contributed by atoms with E-state index in [-0.39, 0.29) is 5.69 Å². The maximum Gasteiger partial charge on any atom is 0.323 e. The normalized spacial score (nSPS) is 10.7. The molecule has 0 saturated carbocycles. The molecule has 0 aliphatic heterocycles. The van der Waals surface area contributed by atoms with E-state index in [9.17, 15) is 4.79 Å². The smallest absolute Gasteiger partial charge is 0.305 e. The fourth-order valence-corrected chi connectivity index (χ4v) is 1.76. The predicted octanol–water partition coefficient (Wildman–Crippen LogP) is 1.28. The Morgan fingerprint density at radius 3 is 3.00 bits per heavy atom. The van der Waals surface area contributed by atoms with E-state index >= 15 is 0 Å². The first kappa shape index (κ1) is 8.68. The molecular formula is C11H6N4O. The number of rotatable bonds is 0. The first-order valence-corrected chi connectivity index (χ1v) is 4.69. The molecule has 2 N–H and O–H groups in total. The van der Waals surface area contributed by atoms with E-state index in [1.54, 1.807) is 24.4 Å². The summed E-state index contributed by atoms with van der Waals surface area (Å²) in [6.45, 7) is 0. The molecule has 0 radical (unpaired) electrons. The van der Waals surface area contributed by atoms with Crippen molar-refractivity contribution < 1.29 is 0 Å². The van der Waals surface area contributed by atoms with Crippen molar-refractivity contribution in [3.05, 3.63) is 40.4 Å². The molecule has 16 heavy (non-hydrogen) atoms. The summed E-state index contributed by atoms with van der Waals surface area (Å²) in [6.07, 6.45) is 1.60. The summed E-state index contributed by atoms with van der Waals surface area (Å²) in [7, 11) is 0. The van der Waals surface area contributed by atoms with Crippen molar-refractivity contribution in [2.45, 2.75) is 0 Å². The molecule has 0 aliphatic rings. The van der Waals surface area contributed by atoms with E-state index in [0.717, 1.165) is 10.9 Å². The number of hydrogen-bond donors (Lipinski definition) is 2. The van der Waals surface area contributed by atoms with Crippen LogP contribution in [0.3, 0.4) is 0 Å². The molecule has 0 saturated heterocycles. The van der Waals surface area contributed by atoms with Crippen LogP contribution < -0.4 is 5.69 Å². The minimum atomic E-state index is -0.272. The summed E-state index contributed by atoms with van der Waals surface area (Å²) in [4.78, 5) is 20.7. The van der Waals surface area contributed by atoms with Gasteiger partial charge in [-0.1, -0.05) is 0 Å². The highest BCUT2D eigenvalue weighted by Crippen LogP contribution is 2.20. The lowest BCUT2D eigenvalue weighted by atomic mass is 10.1. The van der Waals surface area contributed by atoms with Crippen LogP contribution in [0.15, 0.2) is 29.2 Å². The topological polar surface area (TPSA) is 85.3 Å². The Morgan fingerprint density at radius 2 is 2.19 bits per heavy atom. The summed E-state index contributed by atoms with van der Waals surface area (Å²) in [5.74, 6) is 0. The van der Waals surface area contributed by atoms with Gasteiger partial charge >= 0.3 is 5.69 Å². The van der Waals surface area contributed by atoms with Gasteiger partial charge in [0.1, 0.15) is 0 Å². The molecule has 0 aliphatic carbocycles. The van der Waals surface area contributed by atoms with E-state index in [1.165, 1.54) is 0 Å². The molecule has 0 atom stereocenters. The van der Waals surface area contributed by atoms with Gasteiger partial charge < -0.3 is 9.97 Å².